The quantitative estimate of drug-likeness (QED) is 0.942. The van der Waals surface area contributed by atoms with Crippen LogP contribution in [0.3, 0.4) is 0 Å². The van der Waals surface area contributed by atoms with Crippen LogP contribution in [0, 0.1) is 0 Å². The Hall–Kier alpha value is -1.39. The maximum absolute atomic E-state index is 11.5. The van der Waals surface area contributed by atoms with Crippen LogP contribution in [0.15, 0.2) is 29.1 Å². The van der Waals surface area contributed by atoms with Gasteiger partial charge in [-0.05, 0) is 18.2 Å². The van der Waals surface area contributed by atoms with Crippen LogP contribution >= 0.6 is 23.2 Å². The zero-order valence-electron chi connectivity index (χ0n) is 10.1. The van der Waals surface area contributed by atoms with Gasteiger partial charge in [0, 0.05) is 35.9 Å². The van der Waals surface area contributed by atoms with Crippen molar-refractivity contribution in [3.63, 3.8) is 0 Å². The van der Waals surface area contributed by atoms with Crippen LogP contribution in [0.2, 0.25) is 10.0 Å². The number of anilines is 1. The van der Waals surface area contributed by atoms with Crippen LogP contribution in [0.5, 0.6) is 0 Å². The molecule has 0 radical (unpaired) electrons. The number of aromatic nitrogens is 2. The Morgan fingerprint density at radius 3 is 2.17 bits per heavy atom. The van der Waals surface area contributed by atoms with E-state index < -0.39 is 0 Å². The van der Waals surface area contributed by atoms with Gasteiger partial charge in [0.05, 0.1) is 12.2 Å². The Kier molecular flexibility index (Phi) is 3.68. The molecule has 0 atom stereocenters. The second kappa shape index (κ2) is 5.08. The van der Waals surface area contributed by atoms with E-state index in [9.17, 15) is 4.79 Å². The minimum Gasteiger partial charge on any atom is -0.379 e. The smallest absolute Gasteiger partial charge is 0.266 e. The summed E-state index contributed by atoms with van der Waals surface area (Å²) in [6.07, 6.45) is 0. The van der Waals surface area contributed by atoms with Crippen LogP contribution in [0.4, 0.5) is 5.69 Å². The topological polar surface area (TPSA) is 39.0 Å². The zero-order chi connectivity index (χ0) is 13.3. The summed E-state index contributed by atoms with van der Waals surface area (Å²) >= 11 is 11.8. The van der Waals surface area contributed by atoms with E-state index in [1.54, 1.807) is 40.7 Å². The van der Waals surface area contributed by atoms with Crippen molar-refractivity contribution in [3.05, 3.63) is 50.4 Å². The van der Waals surface area contributed by atoms with Gasteiger partial charge in [-0.3, -0.25) is 14.2 Å². The molecule has 0 saturated heterocycles. The standard InChI is InChI=1S/C12H13Cl2N3O/c1-16-11(6-12(18)17(16)2)7-15-10-4-8(13)3-9(14)5-10/h3-6,15H,7H2,1-2H3. The van der Waals surface area contributed by atoms with Crippen molar-refractivity contribution in [1.82, 2.24) is 9.36 Å². The second-order valence-electron chi connectivity index (χ2n) is 4.03. The Morgan fingerprint density at radius 2 is 1.67 bits per heavy atom. The van der Waals surface area contributed by atoms with E-state index in [1.165, 1.54) is 0 Å². The van der Waals surface area contributed by atoms with Gasteiger partial charge in [-0.15, -0.1) is 0 Å². The van der Waals surface area contributed by atoms with E-state index in [4.69, 9.17) is 23.2 Å². The first-order valence-electron chi connectivity index (χ1n) is 5.39. The van der Waals surface area contributed by atoms with Gasteiger partial charge in [-0.25, -0.2) is 0 Å². The fourth-order valence-electron chi connectivity index (χ4n) is 1.68. The number of nitrogens with one attached hydrogen (secondary N) is 1. The van der Waals surface area contributed by atoms with Crippen LogP contribution < -0.4 is 10.9 Å². The molecule has 1 aromatic carbocycles. The zero-order valence-corrected chi connectivity index (χ0v) is 11.6. The van der Waals surface area contributed by atoms with Crippen molar-refractivity contribution in [1.29, 1.82) is 0 Å². The van der Waals surface area contributed by atoms with E-state index >= 15 is 0 Å². The summed E-state index contributed by atoms with van der Waals surface area (Å²) in [6, 6.07) is 6.84. The van der Waals surface area contributed by atoms with E-state index in [-0.39, 0.29) is 5.56 Å². The molecular formula is C12H13Cl2N3O. The summed E-state index contributed by atoms with van der Waals surface area (Å²) in [5, 5.41) is 4.33. The maximum Gasteiger partial charge on any atom is 0.266 e. The van der Waals surface area contributed by atoms with Crippen LogP contribution in [0.1, 0.15) is 5.69 Å². The number of benzene rings is 1. The molecule has 0 spiro atoms. The molecule has 18 heavy (non-hydrogen) atoms. The maximum atomic E-state index is 11.5. The first kappa shape index (κ1) is 13.1. The molecule has 0 aliphatic rings. The second-order valence-corrected chi connectivity index (χ2v) is 4.91. The molecule has 6 heteroatoms. The molecular weight excluding hydrogens is 273 g/mol. The van der Waals surface area contributed by atoms with E-state index in [0.717, 1.165) is 11.4 Å². The van der Waals surface area contributed by atoms with Crippen molar-refractivity contribution in [3.8, 4) is 0 Å². The molecule has 4 nitrogen and oxygen atoms in total. The van der Waals surface area contributed by atoms with Gasteiger partial charge in [0.15, 0.2) is 0 Å². The molecule has 1 N–H and O–H groups in total. The van der Waals surface area contributed by atoms with Crippen molar-refractivity contribution in [2.45, 2.75) is 6.54 Å². The van der Waals surface area contributed by atoms with Crippen molar-refractivity contribution < 1.29 is 0 Å². The van der Waals surface area contributed by atoms with Crippen LogP contribution in [-0.4, -0.2) is 9.36 Å². The largest absolute Gasteiger partial charge is 0.379 e. The fraction of sp³-hybridized carbons (Fsp3) is 0.250. The number of nitrogens with zero attached hydrogens (tertiary/aromatic N) is 2. The van der Waals surface area contributed by atoms with E-state index in [2.05, 4.69) is 5.32 Å². The Labute approximate surface area is 115 Å². The summed E-state index contributed by atoms with van der Waals surface area (Å²) in [7, 11) is 3.56. The van der Waals surface area contributed by atoms with Crippen molar-refractivity contribution in [2.24, 2.45) is 14.1 Å². The van der Waals surface area contributed by atoms with Gasteiger partial charge >= 0.3 is 0 Å². The molecule has 1 aromatic heterocycles. The van der Waals surface area contributed by atoms with Crippen molar-refractivity contribution >= 4 is 28.9 Å². The average molecular weight is 286 g/mol. The number of halogens is 2. The van der Waals surface area contributed by atoms with Crippen molar-refractivity contribution in [2.75, 3.05) is 5.32 Å². The SMILES string of the molecule is Cn1c(CNc2cc(Cl)cc(Cl)c2)cc(=O)n1C. The van der Waals surface area contributed by atoms with E-state index in [0.29, 0.717) is 16.6 Å². The highest BCUT2D eigenvalue weighted by Gasteiger charge is 2.05. The lowest BCUT2D eigenvalue weighted by Gasteiger charge is -2.09. The van der Waals surface area contributed by atoms with Gasteiger partial charge in [0.25, 0.3) is 5.56 Å². The number of hydrogen-bond acceptors (Lipinski definition) is 2. The third-order valence-corrected chi connectivity index (χ3v) is 3.25. The summed E-state index contributed by atoms with van der Waals surface area (Å²) in [5.74, 6) is 0. The summed E-state index contributed by atoms with van der Waals surface area (Å²) in [6.45, 7) is 0.531. The lowest BCUT2D eigenvalue weighted by Crippen LogP contribution is -2.17. The monoisotopic (exact) mass is 285 g/mol. The highest BCUT2D eigenvalue weighted by molar-refractivity contribution is 6.35. The van der Waals surface area contributed by atoms with Crippen LogP contribution in [0.25, 0.3) is 0 Å². The van der Waals surface area contributed by atoms with Gasteiger partial charge < -0.3 is 5.32 Å². The van der Waals surface area contributed by atoms with Gasteiger partial charge in [0.1, 0.15) is 0 Å². The molecule has 0 saturated carbocycles. The molecule has 0 aliphatic carbocycles. The molecule has 2 rings (SSSR count). The van der Waals surface area contributed by atoms with Crippen LogP contribution in [-0.2, 0) is 20.6 Å². The van der Waals surface area contributed by atoms with Gasteiger partial charge in [-0.2, -0.15) is 0 Å². The lowest BCUT2D eigenvalue weighted by atomic mass is 10.3. The lowest BCUT2D eigenvalue weighted by molar-refractivity contribution is 0.560. The molecule has 96 valence electrons. The fourth-order valence-corrected chi connectivity index (χ4v) is 2.21. The summed E-state index contributed by atoms with van der Waals surface area (Å²) in [5.41, 5.74) is 1.68. The highest BCUT2D eigenvalue weighted by Crippen LogP contribution is 2.22. The predicted molar refractivity (Wildman–Crippen MR) is 74.4 cm³/mol. The predicted octanol–water partition coefficient (Wildman–Crippen LogP) is 2.64. The average Bonchev–Trinajstić information content (AvgIpc) is 2.53. The molecule has 0 unspecified atom stereocenters. The molecule has 1 heterocycles. The normalized spacial score (nSPS) is 10.7. The van der Waals surface area contributed by atoms with Gasteiger partial charge in [-0.1, -0.05) is 23.2 Å². The summed E-state index contributed by atoms with van der Waals surface area (Å²) < 4.78 is 3.34. The van der Waals surface area contributed by atoms with Gasteiger partial charge in [0.2, 0.25) is 0 Å². The third kappa shape index (κ3) is 2.71. The molecule has 0 amide bonds. The Bertz CT molecular complexity index is 610. The minimum absolute atomic E-state index is 0.0292. The molecule has 0 fully saturated rings. The molecule has 0 bridgehead atoms. The number of hydrogen-bond donors (Lipinski definition) is 1. The Morgan fingerprint density at radius 1 is 1.06 bits per heavy atom. The summed E-state index contributed by atoms with van der Waals surface area (Å²) in [4.78, 5) is 11.5. The minimum atomic E-state index is -0.0292. The first-order valence-corrected chi connectivity index (χ1v) is 6.15. The third-order valence-electron chi connectivity index (χ3n) is 2.81. The van der Waals surface area contributed by atoms with E-state index in [1.807, 2.05) is 7.05 Å². The Balaban J connectivity index is 2.16. The first-order chi connectivity index (χ1) is 8.47. The highest BCUT2D eigenvalue weighted by atomic mass is 35.5. The number of rotatable bonds is 3. The molecule has 2 aromatic rings. The molecule has 0 aliphatic heterocycles.